The predicted molar refractivity (Wildman–Crippen MR) is 126 cm³/mol. The summed E-state index contributed by atoms with van der Waals surface area (Å²) in [5.74, 6) is -0.607. The van der Waals surface area contributed by atoms with Crippen molar-refractivity contribution in [1.29, 1.82) is 0 Å². The fourth-order valence-corrected chi connectivity index (χ4v) is 4.77. The van der Waals surface area contributed by atoms with Gasteiger partial charge in [0.15, 0.2) is 0 Å². The quantitative estimate of drug-likeness (QED) is 0.602. The number of hydrogen-bond acceptors (Lipinski definition) is 5. The normalized spacial score (nSPS) is 19.2. The molecule has 0 radical (unpaired) electrons. The number of amides is 3. The summed E-state index contributed by atoms with van der Waals surface area (Å²) in [6.07, 6.45) is 3.36. The van der Waals surface area contributed by atoms with E-state index in [1.54, 1.807) is 16.2 Å². The summed E-state index contributed by atoms with van der Waals surface area (Å²) in [5.41, 5.74) is 3.68. The average molecular weight is 475 g/mol. The number of carbonyl (C=O) groups is 3. The minimum absolute atomic E-state index is 0.154. The Bertz CT molecular complexity index is 974. The summed E-state index contributed by atoms with van der Waals surface area (Å²) < 4.78 is 14.1. The third-order valence-corrected chi connectivity index (χ3v) is 7.00. The molecular formula is C24H31FN4O3S. The molecule has 1 saturated carbocycles. The van der Waals surface area contributed by atoms with Crippen molar-refractivity contribution < 1.29 is 18.8 Å². The second-order valence-electron chi connectivity index (χ2n) is 8.65. The molecule has 7 nitrogen and oxygen atoms in total. The van der Waals surface area contributed by atoms with Crippen LogP contribution in [-0.4, -0.2) is 52.4 Å². The summed E-state index contributed by atoms with van der Waals surface area (Å²) in [6.45, 7) is 6.54. The summed E-state index contributed by atoms with van der Waals surface area (Å²) in [5, 5.41) is 5.11. The zero-order valence-corrected chi connectivity index (χ0v) is 20.1. The van der Waals surface area contributed by atoms with Crippen LogP contribution in [0.25, 0.3) is 10.4 Å². The Morgan fingerprint density at radius 1 is 1.33 bits per heavy atom. The highest BCUT2D eigenvalue weighted by molar-refractivity contribution is 7.13. The van der Waals surface area contributed by atoms with E-state index >= 15 is 0 Å². The monoisotopic (exact) mass is 474 g/mol. The molecule has 3 amide bonds. The SMILES string of the molecule is CC(=O)NC(C(=O)N1CCCC1C)C1(F)CC1.Cc1ncsc1-c1ccc(CNC=O)cc1. The zero-order chi connectivity index (χ0) is 24.0. The molecule has 2 N–H and O–H groups in total. The number of likely N-dealkylation sites (tertiary alicyclic amines) is 1. The van der Waals surface area contributed by atoms with Gasteiger partial charge in [0.2, 0.25) is 18.2 Å². The van der Waals surface area contributed by atoms with Gasteiger partial charge in [-0.05, 0) is 50.7 Å². The Morgan fingerprint density at radius 3 is 2.52 bits per heavy atom. The van der Waals surface area contributed by atoms with Gasteiger partial charge in [-0.1, -0.05) is 24.3 Å². The number of nitrogens with one attached hydrogen (secondary N) is 2. The van der Waals surface area contributed by atoms with Gasteiger partial charge in [0.05, 0.1) is 16.1 Å². The number of rotatable bonds is 7. The highest BCUT2D eigenvalue weighted by Crippen LogP contribution is 2.44. The Kier molecular flexibility index (Phi) is 8.18. The lowest BCUT2D eigenvalue weighted by Crippen LogP contribution is -2.54. The molecule has 2 fully saturated rings. The molecule has 9 heteroatoms. The molecule has 1 aromatic carbocycles. The van der Waals surface area contributed by atoms with Crippen molar-refractivity contribution in [2.24, 2.45) is 0 Å². The number of nitrogens with zero attached hydrogens (tertiary/aromatic N) is 2. The number of carbonyl (C=O) groups excluding carboxylic acids is 3. The molecule has 0 bridgehead atoms. The van der Waals surface area contributed by atoms with Gasteiger partial charge in [-0.3, -0.25) is 14.4 Å². The van der Waals surface area contributed by atoms with Crippen LogP contribution in [0.5, 0.6) is 0 Å². The van der Waals surface area contributed by atoms with Crippen molar-refractivity contribution in [2.45, 2.75) is 70.8 Å². The molecule has 178 valence electrons. The van der Waals surface area contributed by atoms with Gasteiger partial charge in [0, 0.05) is 26.1 Å². The van der Waals surface area contributed by atoms with Crippen molar-refractivity contribution >= 4 is 29.6 Å². The number of hydrogen-bond donors (Lipinski definition) is 2. The zero-order valence-electron chi connectivity index (χ0n) is 19.3. The first-order chi connectivity index (χ1) is 15.7. The molecule has 0 spiro atoms. The topological polar surface area (TPSA) is 91.4 Å². The van der Waals surface area contributed by atoms with Gasteiger partial charge in [-0.25, -0.2) is 9.37 Å². The van der Waals surface area contributed by atoms with Crippen LogP contribution in [0.3, 0.4) is 0 Å². The van der Waals surface area contributed by atoms with Crippen LogP contribution in [0.4, 0.5) is 4.39 Å². The Balaban J connectivity index is 0.000000186. The van der Waals surface area contributed by atoms with Crippen molar-refractivity contribution in [2.75, 3.05) is 6.54 Å². The van der Waals surface area contributed by atoms with Crippen molar-refractivity contribution in [3.8, 4) is 10.4 Å². The standard InChI is InChI=1S/C12H19FN2O2.C12H12N2OS/c1-8-4-3-7-15(8)11(17)10(14-9(2)16)12(13)5-6-12;1-9-12(16-8-14-9)11-4-2-10(3-5-11)6-13-7-15/h8,10H,3-7H2,1-2H3,(H,14,16);2-5,7-8H,6H2,1H3,(H,13,15). The maximum atomic E-state index is 14.1. The van der Waals surface area contributed by atoms with E-state index in [-0.39, 0.29) is 17.9 Å². The molecule has 2 aliphatic rings. The lowest BCUT2D eigenvalue weighted by Gasteiger charge is -2.29. The second kappa shape index (κ2) is 10.9. The number of halogens is 1. The Hall–Kier alpha value is -2.81. The third kappa shape index (κ3) is 6.37. The molecule has 2 aromatic rings. The number of aromatic nitrogens is 1. The maximum Gasteiger partial charge on any atom is 0.248 e. The van der Waals surface area contributed by atoms with Crippen LogP contribution in [0.2, 0.25) is 0 Å². The van der Waals surface area contributed by atoms with E-state index < -0.39 is 11.7 Å². The van der Waals surface area contributed by atoms with Crippen LogP contribution in [0, 0.1) is 6.92 Å². The van der Waals surface area contributed by atoms with Gasteiger partial charge >= 0.3 is 0 Å². The highest BCUT2D eigenvalue weighted by Gasteiger charge is 2.55. The van der Waals surface area contributed by atoms with Crippen molar-refractivity contribution in [3.63, 3.8) is 0 Å². The first-order valence-electron chi connectivity index (χ1n) is 11.2. The number of alkyl halides is 1. The molecule has 1 saturated heterocycles. The smallest absolute Gasteiger partial charge is 0.248 e. The number of benzene rings is 1. The van der Waals surface area contributed by atoms with Crippen molar-refractivity contribution in [1.82, 2.24) is 20.5 Å². The first-order valence-corrected chi connectivity index (χ1v) is 12.1. The third-order valence-electron chi connectivity index (χ3n) is 6.03. The highest BCUT2D eigenvalue weighted by atomic mass is 32.1. The second-order valence-corrected chi connectivity index (χ2v) is 9.51. The summed E-state index contributed by atoms with van der Waals surface area (Å²) in [6, 6.07) is 7.32. The minimum Gasteiger partial charge on any atom is -0.355 e. The van der Waals surface area contributed by atoms with E-state index in [1.165, 1.54) is 17.4 Å². The predicted octanol–water partition coefficient (Wildman–Crippen LogP) is 3.37. The molecule has 4 rings (SSSR count). The van der Waals surface area contributed by atoms with Crippen molar-refractivity contribution in [3.05, 3.63) is 41.0 Å². The largest absolute Gasteiger partial charge is 0.355 e. The summed E-state index contributed by atoms with van der Waals surface area (Å²) >= 11 is 1.64. The fraction of sp³-hybridized carbons (Fsp3) is 0.500. The number of thiazole rings is 1. The molecule has 1 aromatic heterocycles. The van der Waals surface area contributed by atoms with Crippen LogP contribution < -0.4 is 10.6 Å². The molecule has 2 heterocycles. The molecule has 2 atom stereocenters. The van der Waals surface area contributed by atoms with Crippen LogP contribution in [-0.2, 0) is 20.9 Å². The van der Waals surface area contributed by atoms with E-state index in [2.05, 4.69) is 27.8 Å². The van der Waals surface area contributed by atoms with E-state index in [4.69, 9.17) is 0 Å². The van der Waals surface area contributed by atoms with Gasteiger partial charge in [-0.2, -0.15) is 0 Å². The minimum atomic E-state index is -1.51. The van der Waals surface area contributed by atoms with Gasteiger partial charge < -0.3 is 15.5 Å². The van der Waals surface area contributed by atoms with Gasteiger partial charge in [-0.15, -0.1) is 11.3 Å². The molecule has 33 heavy (non-hydrogen) atoms. The number of aryl methyl sites for hydroxylation is 1. The molecule has 1 aliphatic carbocycles. The molecular weight excluding hydrogens is 443 g/mol. The summed E-state index contributed by atoms with van der Waals surface area (Å²) in [7, 11) is 0. The van der Waals surface area contributed by atoms with Gasteiger partial charge in [0.25, 0.3) is 0 Å². The van der Waals surface area contributed by atoms with E-state index in [0.717, 1.165) is 24.1 Å². The van der Waals surface area contributed by atoms with Crippen LogP contribution in [0.15, 0.2) is 29.8 Å². The van der Waals surface area contributed by atoms with Crippen LogP contribution in [0.1, 0.15) is 50.8 Å². The molecule has 2 unspecified atom stereocenters. The maximum absolute atomic E-state index is 14.1. The van der Waals surface area contributed by atoms with Crippen LogP contribution >= 0.6 is 11.3 Å². The summed E-state index contributed by atoms with van der Waals surface area (Å²) in [4.78, 5) is 40.6. The van der Waals surface area contributed by atoms with E-state index in [1.807, 2.05) is 31.5 Å². The lowest BCUT2D eigenvalue weighted by molar-refractivity contribution is -0.139. The van der Waals surface area contributed by atoms with E-state index in [9.17, 15) is 18.8 Å². The fourth-order valence-electron chi connectivity index (χ4n) is 3.96. The lowest BCUT2D eigenvalue weighted by atomic mass is 10.1. The Labute approximate surface area is 197 Å². The first kappa shape index (κ1) is 24.8. The van der Waals surface area contributed by atoms with E-state index in [0.29, 0.717) is 32.3 Å². The van der Waals surface area contributed by atoms with Gasteiger partial charge in [0.1, 0.15) is 11.7 Å². The molecule has 1 aliphatic heterocycles. The Morgan fingerprint density at radius 2 is 2.03 bits per heavy atom. The average Bonchev–Trinajstić information content (AvgIpc) is 3.17.